The highest BCUT2D eigenvalue weighted by Crippen LogP contribution is 2.29. The van der Waals surface area contributed by atoms with Crippen LogP contribution in [-0.4, -0.2) is 61.5 Å². The fourth-order valence-corrected chi connectivity index (χ4v) is 4.68. The number of amides is 3. The quantitative estimate of drug-likeness (QED) is 0.591. The van der Waals surface area contributed by atoms with Crippen LogP contribution in [0.3, 0.4) is 0 Å². The standard InChI is InChI=1S/C29H37N3O6/c1-29(2,3)28(35)32-12-10-25-24(17-32)31-26(33)9-6-11-30-27(34)20-14-22(36-4)16-23(15-20)38-21-8-5-7-19(13-21)18-37-25/h5,7-8,13-16,24-25H,6,9-12,17-18H2,1-4H3,(H,30,34)(H,31,33)/t24-,25-/m0/s1. The molecule has 2 heterocycles. The minimum Gasteiger partial charge on any atom is -0.497 e. The molecule has 38 heavy (non-hydrogen) atoms. The average Bonchev–Trinajstić information content (AvgIpc) is 2.88. The van der Waals surface area contributed by atoms with E-state index in [4.69, 9.17) is 14.2 Å². The summed E-state index contributed by atoms with van der Waals surface area (Å²) < 4.78 is 17.7. The minimum atomic E-state index is -0.506. The number of methoxy groups -OCH3 is 1. The highest BCUT2D eigenvalue weighted by molar-refractivity contribution is 5.95. The maximum atomic E-state index is 12.9. The van der Waals surface area contributed by atoms with E-state index in [1.165, 1.54) is 7.11 Å². The highest BCUT2D eigenvalue weighted by atomic mass is 16.5. The van der Waals surface area contributed by atoms with E-state index in [-0.39, 0.29) is 36.3 Å². The Kier molecular flexibility index (Phi) is 8.56. The molecule has 4 rings (SSSR count). The fourth-order valence-electron chi connectivity index (χ4n) is 4.68. The van der Waals surface area contributed by atoms with Crippen LogP contribution in [0, 0.1) is 5.41 Å². The van der Waals surface area contributed by atoms with Crippen LogP contribution in [0.5, 0.6) is 17.2 Å². The zero-order valence-corrected chi connectivity index (χ0v) is 22.5. The molecular formula is C29H37N3O6. The molecule has 0 unspecified atom stereocenters. The van der Waals surface area contributed by atoms with Crippen molar-refractivity contribution in [2.75, 3.05) is 26.7 Å². The Balaban J connectivity index is 1.57. The molecule has 2 aliphatic rings. The largest absolute Gasteiger partial charge is 0.497 e. The van der Waals surface area contributed by atoms with Gasteiger partial charge in [-0.3, -0.25) is 14.4 Å². The Morgan fingerprint density at radius 1 is 1.11 bits per heavy atom. The van der Waals surface area contributed by atoms with E-state index < -0.39 is 5.41 Å². The molecule has 0 spiro atoms. The van der Waals surface area contributed by atoms with Gasteiger partial charge in [0, 0.05) is 43.1 Å². The van der Waals surface area contributed by atoms with Gasteiger partial charge in [-0.15, -0.1) is 0 Å². The number of rotatable bonds is 1. The van der Waals surface area contributed by atoms with Gasteiger partial charge in [0.2, 0.25) is 11.8 Å². The third kappa shape index (κ3) is 7.04. The summed E-state index contributed by atoms with van der Waals surface area (Å²) in [4.78, 5) is 40.4. The normalized spacial score (nSPS) is 21.1. The molecule has 9 heteroatoms. The number of nitrogens with one attached hydrogen (secondary N) is 2. The minimum absolute atomic E-state index is 0.0528. The second-order valence-electron chi connectivity index (χ2n) is 10.8. The molecule has 2 aromatic carbocycles. The molecule has 4 bridgehead atoms. The molecule has 0 aromatic heterocycles. The van der Waals surface area contributed by atoms with Gasteiger partial charge in [-0.2, -0.15) is 0 Å². The molecule has 2 atom stereocenters. The van der Waals surface area contributed by atoms with Gasteiger partial charge in [0.05, 0.1) is 25.9 Å². The zero-order valence-electron chi connectivity index (χ0n) is 22.5. The van der Waals surface area contributed by atoms with Crippen LogP contribution in [0.4, 0.5) is 0 Å². The van der Waals surface area contributed by atoms with Gasteiger partial charge in [0.15, 0.2) is 0 Å². The maximum absolute atomic E-state index is 12.9. The molecule has 1 saturated heterocycles. The third-order valence-electron chi connectivity index (χ3n) is 6.67. The van der Waals surface area contributed by atoms with Crippen LogP contribution < -0.4 is 20.1 Å². The molecule has 2 N–H and O–H groups in total. The number of carbonyl (C=O) groups excluding carboxylic acids is 3. The van der Waals surface area contributed by atoms with Crippen LogP contribution >= 0.6 is 0 Å². The van der Waals surface area contributed by atoms with Crippen molar-refractivity contribution in [3.8, 4) is 17.2 Å². The summed E-state index contributed by atoms with van der Waals surface area (Å²) in [5.74, 6) is 1.22. The maximum Gasteiger partial charge on any atom is 0.251 e. The van der Waals surface area contributed by atoms with Gasteiger partial charge in [0.1, 0.15) is 17.2 Å². The fraction of sp³-hybridized carbons (Fsp3) is 0.483. The Labute approximate surface area is 223 Å². The van der Waals surface area contributed by atoms with Gasteiger partial charge in [0.25, 0.3) is 5.91 Å². The molecule has 0 aliphatic carbocycles. The van der Waals surface area contributed by atoms with E-state index in [1.54, 1.807) is 18.2 Å². The van der Waals surface area contributed by atoms with Gasteiger partial charge < -0.3 is 29.7 Å². The van der Waals surface area contributed by atoms with E-state index in [0.717, 1.165) is 5.56 Å². The first-order chi connectivity index (χ1) is 18.1. The van der Waals surface area contributed by atoms with Crippen molar-refractivity contribution in [1.29, 1.82) is 0 Å². The lowest BCUT2D eigenvalue weighted by molar-refractivity contribution is -0.144. The van der Waals surface area contributed by atoms with Gasteiger partial charge in [-0.05, 0) is 42.7 Å². The van der Waals surface area contributed by atoms with E-state index in [2.05, 4.69) is 10.6 Å². The number of carbonyl (C=O) groups is 3. The van der Waals surface area contributed by atoms with Crippen molar-refractivity contribution in [2.45, 2.75) is 58.8 Å². The second-order valence-corrected chi connectivity index (χ2v) is 10.8. The molecule has 204 valence electrons. The van der Waals surface area contributed by atoms with Crippen molar-refractivity contribution in [3.05, 3.63) is 53.6 Å². The third-order valence-corrected chi connectivity index (χ3v) is 6.67. The molecule has 0 radical (unpaired) electrons. The Bertz CT molecular complexity index is 1180. The van der Waals surface area contributed by atoms with Crippen molar-refractivity contribution in [2.24, 2.45) is 5.41 Å². The zero-order chi connectivity index (χ0) is 27.3. The van der Waals surface area contributed by atoms with Crippen molar-refractivity contribution in [3.63, 3.8) is 0 Å². The lowest BCUT2D eigenvalue weighted by Crippen LogP contribution is -2.58. The first kappa shape index (κ1) is 27.4. The topological polar surface area (TPSA) is 106 Å². The number of benzene rings is 2. The molecule has 2 aliphatic heterocycles. The number of fused-ring (bicyclic) bond motifs is 5. The molecule has 0 saturated carbocycles. The van der Waals surface area contributed by atoms with E-state index >= 15 is 0 Å². The Morgan fingerprint density at radius 2 is 1.92 bits per heavy atom. The van der Waals surface area contributed by atoms with Gasteiger partial charge in [-0.25, -0.2) is 0 Å². The summed E-state index contributed by atoms with van der Waals surface area (Å²) >= 11 is 0. The summed E-state index contributed by atoms with van der Waals surface area (Å²) in [5.41, 5.74) is 0.801. The monoisotopic (exact) mass is 523 g/mol. The summed E-state index contributed by atoms with van der Waals surface area (Å²) in [5, 5.41) is 5.95. The number of hydrogen-bond donors (Lipinski definition) is 2. The molecule has 9 nitrogen and oxygen atoms in total. The van der Waals surface area contributed by atoms with E-state index in [9.17, 15) is 14.4 Å². The lowest BCUT2D eigenvalue weighted by atomic mass is 9.92. The number of hydrogen-bond acceptors (Lipinski definition) is 6. The number of likely N-dealkylation sites (tertiary alicyclic amines) is 1. The van der Waals surface area contributed by atoms with Crippen LogP contribution in [-0.2, 0) is 20.9 Å². The van der Waals surface area contributed by atoms with Crippen LogP contribution in [0.15, 0.2) is 42.5 Å². The van der Waals surface area contributed by atoms with Crippen LogP contribution in [0.1, 0.15) is 56.0 Å². The summed E-state index contributed by atoms with van der Waals surface area (Å²) in [6.45, 7) is 7.32. The van der Waals surface area contributed by atoms with Gasteiger partial charge in [-0.1, -0.05) is 32.9 Å². The van der Waals surface area contributed by atoms with Crippen LogP contribution in [0.25, 0.3) is 0 Å². The summed E-state index contributed by atoms with van der Waals surface area (Å²) in [6, 6.07) is 12.2. The van der Waals surface area contributed by atoms with Crippen molar-refractivity contribution in [1.82, 2.24) is 15.5 Å². The molecule has 3 amide bonds. The lowest BCUT2D eigenvalue weighted by Gasteiger charge is -2.41. The molecular weight excluding hydrogens is 486 g/mol. The van der Waals surface area contributed by atoms with E-state index in [1.807, 2.05) is 49.9 Å². The molecule has 1 fully saturated rings. The molecule has 2 aromatic rings. The predicted octanol–water partition coefficient (Wildman–Crippen LogP) is 3.66. The first-order valence-corrected chi connectivity index (χ1v) is 13.1. The predicted molar refractivity (Wildman–Crippen MR) is 142 cm³/mol. The number of ether oxygens (including phenoxy) is 3. The van der Waals surface area contributed by atoms with Crippen molar-refractivity contribution >= 4 is 17.7 Å². The second kappa shape index (κ2) is 11.9. The summed E-state index contributed by atoms with van der Waals surface area (Å²) in [6.07, 6.45) is 1.09. The highest BCUT2D eigenvalue weighted by Gasteiger charge is 2.36. The Hall–Kier alpha value is -3.59. The SMILES string of the molecule is COc1cc2cc(c1)C(=O)NCCCC(=O)N[C@H]1CN(C(=O)C(C)(C)C)CC[C@@H]1OCc1cccc(c1)O2. The van der Waals surface area contributed by atoms with Crippen LogP contribution in [0.2, 0.25) is 0 Å². The smallest absolute Gasteiger partial charge is 0.251 e. The van der Waals surface area contributed by atoms with Crippen molar-refractivity contribution < 1.29 is 28.6 Å². The number of piperidine rings is 1. The Morgan fingerprint density at radius 3 is 2.68 bits per heavy atom. The summed E-state index contributed by atoms with van der Waals surface area (Å²) in [7, 11) is 1.53. The van der Waals surface area contributed by atoms with Gasteiger partial charge >= 0.3 is 0 Å². The first-order valence-electron chi connectivity index (χ1n) is 13.1. The van der Waals surface area contributed by atoms with E-state index in [0.29, 0.717) is 61.9 Å². The average molecular weight is 524 g/mol. The number of nitrogens with zero attached hydrogens (tertiary/aromatic N) is 1.